The summed E-state index contributed by atoms with van der Waals surface area (Å²) in [5, 5.41) is 11.7. The number of anilines is 1. The molecule has 1 rings (SSSR count). The van der Waals surface area contributed by atoms with Crippen molar-refractivity contribution in [2.75, 3.05) is 39.5 Å². The Morgan fingerprint density at radius 2 is 1.95 bits per heavy atom. The first-order valence-electron chi connectivity index (χ1n) is 6.21. The van der Waals surface area contributed by atoms with Gasteiger partial charge in [-0.1, -0.05) is 11.6 Å². The zero-order chi connectivity index (χ0) is 16.0. The first-order chi connectivity index (χ1) is 9.83. The molecule has 21 heavy (non-hydrogen) atoms. The van der Waals surface area contributed by atoms with Gasteiger partial charge in [0.05, 0.1) is 23.7 Å². The molecule has 6 nitrogen and oxygen atoms in total. The number of hydrogen-bond donors (Lipinski definition) is 1. The van der Waals surface area contributed by atoms with Crippen LogP contribution >= 0.6 is 11.6 Å². The van der Waals surface area contributed by atoms with Crippen molar-refractivity contribution in [1.82, 2.24) is 9.80 Å². The molecule has 0 saturated carbocycles. The lowest BCUT2D eigenvalue weighted by Crippen LogP contribution is -2.38. The van der Waals surface area contributed by atoms with Crippen LogP contribution in [0.2, 0.25) is 5.02 Å². The molecule has 0 atom stereocenters. The Bertz CT molecular complexity index is 581. The second-order valence-electron chi connectivity index (χ2n) is 4.82. The number of nitrogens with one attached hydrogen (secondary N) is 1. The van der Waals surface area contributed by atoms with Crippen LogP contribution in [0.25, 0.3) is 0 Å². The highest BCUT2D eigenvalue weighted by Gasteiger charge is 2.12. The minimum absolute atomic E-state index is 0.0771. The molecule has 0 radical (unpaired) electrons. The quantitative estimate of drug-likeness (QED) is 0.886. The summed E-state index contributed by atoms with van der Waals surface area (Å²) in [5.41, 5.74) is 0.861. The van der Waals surface area contributed by atoms with Gasteiger partial charge in [-0.05, 0) is 25.2 Å². The lowest BCUT2D eigenvalue weighted by molar-refractivity contribution is -0.130. The molecule has 0 aromatic heterocycles. The van der Waals surface area contributed by atoms with Gasteiger partial charge >= 0.3 is 0 Å². The van der Waals surface area contributed by atoms with E-state index in [0.29, 0.717) is 11.3 Å². The summed E-state index contributed by atoms with van der Waals surface area (Å²) in [6, 6.07) is 6.61. The second-order valence-corrected chi connectivity index (χ2v) is 5.22. The lowest BCUT2D eigenvalue weighted by atomic mass is 10.2. The number of benzene rings is 1. The smallest absolute Gasteiger partial charge is 0.238 e. The summed E-state index contributed by atoms with van der Waals surface area (Å²) in [6.07, 6.45) is 0. The summed E-state index contributed by atoms with van der Waals surface area (Å²) >= 11 is 5.89. The van der Waals surface area contributed by atoms with Crippen molar-refractivity contribution in [3.63, 3.8) is 0 Å². The Labute approximate surface area is 128 Å². The van der Waals surface area contributed by atoms with Gasteiger partial charge in [0, 0.05) is 19.8 Å². The number of likely N-dealkylation sites (N-methyl/N-ethyl adjacent to an activating group) is 2. The Morgan fingerprint density at radius 3 is 2.48 bits per heavy atom. The molecule has 0 aliphatic heterocycles. The average Bonchev–Trinajstić information content (AvgIpc) is 2.38. The van der Waals surface area contributed by atoms with Crippen molar-refractivity contribution < 1.29 is 9.59 Å². The highest BCUT2D eigenvalue weighted by atomic mass is 35.5. The standard InChI is InChI=1S/C14H17ClN4O2/c1-18(2)14(21)9-19(3)8-13(20)17-11-5-4-10(7-16)12(15)6-11/h4-6H,8-9H2,1-3H3,(H,17,20). The molecule has 0 heterocycles. The molecule has 0 fully saturated rings. The molecular weight excluding hydrogens is 292 g/mol. The van der Waals surface area contributed by atoms with Gasteiger partial charge in [-0.3, -0.25) is 14.5 Å². The fourth-order valence-electron chi connectivity index (χ4n) is 1.56. The van der Waals surface area contributed by atoms with Crippen molar-refractivity contribution in [2.45, 2.75) is 0 Å². The fourth-order valence-corrected chi connectivity index (χ4v) is 1.78. The normalized spacial score (nSPS) is 10.1. The van der Waals surface area contributed by atoms with E-state index in [1.54, 1.807) is 32.1 Å². The number of carbonyl (C=O) groups is 2. The van der Waals surface area contributed by atoms with Crippen LogP contribution in [0.3, 0.4) is 0 Å². The number of nitriles is 1. The van der Waals surface area contributed by atoms with E-state index in [9.17, 15) is 9.59 Å². The van der Waals surface area contributed by atoms with Crippen molar-refractivity contribution >= 4 is 29.1 Å². The second kappa shape index (κ2) is 7.62. The van der Waals surface area contributed by atoms with Gasteiger partial charge in [0.2, 0.25) is 11.8 Å². The topological polar surface area (TPSA) is 76.4 Å². The van der Waals surface area contributed by atoms with Gasteiger partial charge < -0.3 is 10.2 Å². The summed E-state index contributed by atoms with van der Waals surface area (Å²) < 4.78 is 0. The van der Waals surface area contributed by atoms with Gasteiger partial charge in [-0.25, -0.2) is 0 Å². The molecule has 0 spiro atoms. The Morgan fingerprint density at radius 1 is 1.29 bits per heavy atom. The molecule has 1 aromatic carbocycles. The van der Waals surface area contributed by atoms with Gasteiger partial charge in [-0.2, -0.15) is 5.26 Å². The number of amides is 2. The summed E-state index contributed by atoms with van der Waals surface area (Å²) in [6.45, 7) is 0.242. The first-order valence-corrected chi connectivity index (χ1v) is 6.59. The minimum atomic E-state index is -0.259. The maximum atomic E-state index is 11.9. The monoisotopic (exact) mass is 308 g/mol. The Kier molecular flexibility index (Phi) is 6.15. The van der Waals surface area contributed by atoms with Crippen LogP contribution in [0, 0.1) is 11.3 Å². The van der Waals surface area contributed by atoms with E-state index >= 15 is 0 Å². The number of halogens is 1. The third-order valence-corrected chi connectivity index (χ3v) is 3.00. The fraction of sp³-hybridized carbons (Fsp3) is 0.357. The molecule has 7 heteroatoms. The van der Waals surface area contributed by atoms with E-state index < -0.39 is 0 Å². The predicted molar refractivity (Wildman–Crippen MR) is 81.0 cm³/mol. The molecule has 0 saturated heterocycles. The lowest BCUT2D eigenvalue weighted by Gasteiger charge is -2.18. The number of hydrogen-bond acceptors (Lipinski definition) is 4. The average molecular weight is 309 g/mol. The molecule has 2 amide bonds. The molecule has 0 unspecified atom stereocenters. The SMILES string of the molecule is CN(CC(=O)Nc1ccc(C#N)c(Cl)c1)CC(=O)N(C)C. The molecule has 1 aromatic rings. The van der Waals surface area contributed by atoms with E-state index in [0.717, 1.165) is 0 Å². The number of carbonyl (C=O) groups excluding carboxylic acids is 2. The van der Waals surface area contributed by atoms with E-state index in [1.807, 2.05) is 6.07 Å². The van der Waals surface area contributed by atoms with Gasteiger partial charge in [0.1, 0.15) is 6.07 Å². The summed E-state index contributed by atoms with van der Waals surface area (Å²) in [4.78, 5) is 26.4. The Balaban J connectivity index is 2.56. The highest BCUT2D eigenvalue weighted by Crippen LogP contribution is 2.20. The Hall–Kier alpha value is -2.10. The predicted octanol–water partition coefficient (Wildman–Crippen LogP) is 1.17. The summed E-state index contributed by atoms with van der Waals surface area (Å²) in [7, 11) is 5.01. The van der Waals surface area contributed by atoms with Crippen molar-refractivity contribution in [2.24, 2.45) is 0 Å². The molecule has 0 aliphatic carbocycles. The number of rotatable bonds is 5. The molecule has 112 valence electrons. The molecule has 0 aliphatic rings. The third-order valence-electron chi connectivity index (χ3n) is 2.69. The van der Waals surface area contributed by atoms with Gasteiger partial charge in [-0.15, -0.1) is 0 Å². The number of nitrogens with zero attached hydrogens (tertiary/aromatic N) is 3. The molecule has 0 bridgehead atoms. The van der Waals surface area contributed by atoms with Crippen molar-refractivity contribution in [1.29, 1.82) is 5.26 Å². The van der Waals surface area contributed by atoms with Crippen LogP contribution in [0.5, 0.6) is 0 Å². The maximum absolute atomic E-state index is 11.9. The van der Waals surface area contributed by atoms with Gasteiger partial charge in [0.25, 0.3) is 0 Å². The minimum Gasteiger partial charge on any atom is -0.348 e. The van der Waals surface area contributed by atoms with E-state index in [4.69, 9.17) is 16.9 Å². The van der Waals surface area contributed by atoms with Crippen LogP contribution in [0.4, 0.5) is 5.69 Å². The first kappa shape index (κ1) is 17.0. The van der Waals surface area contributed by atoms with Crippen LogP contribution in [-0.4, -0.2) is 55.8 Å². The van der Waals surface area contributed by atoms with Crippen molar-refractivity contribution in [3.8, 4) is 6.07 Å². The van der Waals surface area contributed by atoms with Gasteiger partial charge in [0.15, 0.2) is 0 Å². The molecular formula is C14H17ClN4O2. The van der Waals surface area contributed by atoms with E-state index in [-0.39, 0.29) is 29.9 Å². The van der Waals surface area contributed by atoms with E-state index in [1.165, 1.54) is 17.0 Å². The zero-order valence-electron chi connectivity index (χ0n) is 12.2. The third kappa shape index (κ3) is 5.42. The van der Waals surface area contributed by atoms with Crippen LogP contribution in [-0.2, 0) is 9.59 Å². The molecule has 1 N–H and O–H groups in total. The van der Waals surface area contributed by atoms with Crippen LogP contribution < -0.4 is 5.32 Å². The highest BCUT2D eigenvalue weighted by molar-refractivity contribution is 6.32. The summed E-state index contributed by atoms with van der Waals surface area (Å²) in [5.74, 6) is -0.337. The maximum Gasteiger partial charge on any atom is 0.238 e. The largest absolute Gasteiger partial charge is 0.348 e. The van der Waals surface area contributed by atoms with Crippen LogP contribution in [0.15, 0.2) is 18.2 Å². The zero-order valence-corrected chi connectivity index (χ0v) is 12.9. The van der Waals surface area contributed by atoms with E-state index in [2.05, 4.69) is 5.32 Å². The van der Waals surface area contributed by atoms with Crippen LogP contribution in [0.1, 0.15) is 5.56 Å². The van der Waals surface area contributed by atoms with Crippen molar-refractivity contribution in [3.05, 3.63) is 28.8 Å².